The minimum atomic E-state index is -4.90. The summed E-state index contributed by atoms with van der Waals surface area (Å²) >= 11 is 0. The number of esters is 1. The van der Waals surface area contributed by atoms with Crippen LogP contribution in [-0.2, 0) is 28.8 Å². The van der Waals surface area contributed by atoms with E-state index < -0.39 is 36.2 Å². The summed E-state index contributed by atoms with van der Waals surface area (Å²) in [4.78, 5) is 74.6. The number of guanidine groups is 1. The van der Waals surface area contributed by atoms with Crippen molar-refractivity contribution in [3.8, 4) is 0 Å². The van der Waals surface area contributed by atoms with Crippen LogP contribution in [0.2, 0.25) is 0 Å². The van der Waals surface area contributed by atoms with E-state index in [0.717, 1.165) is 56.4 Å². The molecule has 17 nitrogen and oxygen atoms in total. The summed E-state index contributed by atoms with van der Waals surface area (Å²) in [6.45, 7) is 9.83. The third kappa shape index (κ3) is 17.7. The largest absolute Gasteiger partial charge is 0.549 e. The van der Waals surface area contributed by atoms with Crippen LogP contribution < -0.4 is 5.73 Å². The number of β-lactam (4-membered cyclic amide) rings is 1. The summed E-state index contributed by atoms with van der Waals surface area (Å²) in [5.41, 5.74) is 5.61. The molecular weight excluding hydrogens is 793 g/mol. The van der Waals surface area contributed by atoms with Gasteiger partial charge in [-0.1, -0.05) is 25.7 Å². The fourth-order valence-corrected chi connectivity index (χ4v) is 8.61. The van der Waals surface area contributed by atoms with E-state index in [1.54, 1.807) is 9.80 Å². The molecular formula is C40H69F3N8O9. The molecule has 60 heavy (non-hydrogen) atoms. The molecule has 0 saturated carbocycles. The van der Waals surface area contributed by atoms with E-state index >= 15 is 0 Å². The number of halogens is 3. The number of carboxylic acids is 1. The maximum absolute atomic E-state index is 13.1. The Morgan fingerprint density at radius 1 is 0.750 bits per heavy atom. The number of nitrogens with one attached hydrogen (secondary N) is 1. The first-order chi connectivity index (χ1) is 28.6. The van der Waals surface area contributed by atoms with E-state index in [9.17, 15) is 42.3 Å². The number of imide groups is 1. The van der Waals surface area contributed by atoms with Crippen LogP contribution in [0.4, 0.5) is 18.0 Å². The van der Waals surface area contributed by atoms with Gasteiger partial charge in [-0.15, -0.1) is 18.1 Å². The number of hydrogen-bond donors (Lipinski definition) is 4. The summed E-state index contributed by atoms with van der Waals surface area (Å²) in [5, 5.41) is 24.3. The van der Waals surface area contributed by atoms with Crippen LogP contribution in [0.1, 0.15) is 109 Å². The van der Waals surface area contributed by atoms with Crippen LogP contribution in [0, 0.1) is 17.2 Å². The predicted molar refractivity (Wildman–Crippen MR) is 215 cm³/mol. The first-order valence-corrected chi connectivity index (χ1v) is 21.8. The maximum atomic E-state index is 13.1. The average molecular weight is 863 g/mol. The number of carbonyl (C=O) groups excluding carboxylic acids is 4. The fourth-order valence-electron chi connectivity index (χ4n) is 8.61. The van der Waals surface area contributed by atoms with Crippen molar-refractivity contribution in [1.82, 2.24) is 29.4 Å². The molecule has 20 heteroatoms. The maximum Gasteiger partial charge on any atom is 0.549 e. The summed E-state index contributed by atoms with van der Waals surface area (Å²) < 4.78 is 35.5. The number of piperazine rings is 1. The zero-order chi connectivity index (χ0) is 44.1. The lowest BCUT2D eigenvalue weighted by Crippen LogP contribution is -2.70. The smallest absolute Gasteiger partial charge is 0.480 e. The summed E-state index contributed by atoms with van der Waals surface area (Å²) in [7, 11) is 1.45. The number of unbranched alkanes of at least 4 members (excludes halogenated alkanes) is 4. The lowest BCUT2D eigenvalue weighted by molar-refractivity contribution is -0.464. The molecule has 5 aliphatic heterocycles. The van der Waals surface area contributed by atoms with E-state index in [1.165, 1.54) is 89.7 Å². The lowest BCUT2D eigenvalue weighted by Gasteiger charge is -2.47. The molecule has 5 saturated heterocycles. The van der Waals surface area contributed by atoms with E-state index in [0.29, 0.717) is 45.4 Å². The van der Waals surface area contributed by atoms with E-state index in [2.05, 4.69) is 14.5 Å². The molecule has 0 radical (unpaired) electrons. The molecule has 0 bridgehead atoms. The third-order valence-electron chi connectivity index (χ3n) is 12.0. The topological polar surface area (TPSA) is 214 Å². The van der Waals surface area contributed by atoms with Gasteiger partial charge in [0, 0.05) is 52.1 Å². The Kier molecular flexibility index (Phi) is 22.4. The highest BCUT2D eigenvalue weighted by molar-refractivity contribution is 6.07. The van der Waals surface area contributed by atoms with Gasteiger partial charge in [-0.2, -0.15) is 0 Å². The molecule has 4 amide bonds. The van der Waals surface area contributed by atoms with E-state index in [1.807, 2.05) is 4.89 Å². The standard InChI is InChI=1S/C27H45N7O5.C12H23NO2.CHF3O2/c28-26(29)33-13-7-8-20(19-33)18-21-23(25(37)38)34(24(21)36)27(39)32-16-14-31(15-17-32)22(35)9-3-1-4-10-30-11-5-2-6-12-30;1-15-12(14)8-4-2-5-9-13-10-6-3-7-11-13;2-1(3,4)6-5/h20-21,23H,1-19H2,(H3,28,29)(H,37,38);2-11H2,1H3;5H/t20?,21-,23?;;/m1../s1. The van der Waals surface area contributed by atoms with Crippen molar-refractivity contribution >= 4 is 35.7 Å². The van der Waals surface area contributed by atoms with Crippen molar-refractivity contribution in [3.63, 3.8) is 0 Å². The second-order valence-electron chi connectivity index (χ2n) is 16.4. The SMILES string of the molecule is COC(=O)CCCCCN1CCCCC1.N=C(N)N1CCCC(C[C@H]2C(=O)N(C(=O)N3CCN(C(=O)CCCCCN4CCCCC4)CC3)C2C(=O)O)C1.OOC(F)(F)F. The molecule has 0 aromatic heterocycles. The number of aliphatic carboxylic acids is 1. The number of carboxylic acid groups (broad SMARTS) is 1. The summed E-state index contributed by atoms with van der Waals surface area (Å²) in [5.74, 6) is -2.33. The Morgan fingerprint density at radius 3 is 1.75 bits per heavy atom. The second-order valence-corrected chi connectivity index (χ2v) is 16.4. The molecule has 0 aromatic carbocycles. The molecule has 5 fully saturated rings. The second kappa shape index (κ2) is 26.6. The van der Waals surface area contributed by atoms with Gasteiger partial charge in [0.25, 0.3) is 0 Å². The molecule has 5 rings (SSSR count). The Bertz CT molecular complexity index is 1360. The Balaban J connectivity index is 0.000000376. The number of piperidine rings is 3. The van der Waals surface area contributed by atoms with Gasteiger partial charge in [0.15, 0.2) is 12.0 Å². The quantitative estimate of drug-likeness (QED) is 0.0342. The van der Waals surface area contributed by atoms with Gasteiger partial charge in [-0.25, -0.2) is 19.7 Å². The number of ether oxygens (including phenoxy) is 1. The number of likely N-dealkylation sites (tertiary alicyclic amines) is 4. The van der Waals surface area contributed by atoms with Gasteiger partial charge >= 0.3 is 24.3 Å². The van der Waals surface area contributed by atoms with Crippen molar-refractivity contribution in [3.05, 3.63) is 0 Å². The number of amides is 4. The van der Waals surface area contributed by atoms with Gasteiger partial charge in [-0.3, -0.25) is 19.8 Å². The number of alkyl halides is 3. The number of hydrogen-bond acceptors (Lipinski definition) is 11. The van der Waals surface area contributed by atoms with Crippen LogP contribution in [-0.4, -0.2) is 174 Å². The fraction of sp³-hybridized carbons (Fsp3) is 0.850. The van der Waals surface area contributed by atoms with Crippen molar-refractivity contribution in [2.24, 2.45) is 17.6 Å². The lowest BCUT2D eigenvalue weighted by atomic mass is 9.78. The number of nitrogens with zero attached hydrogens (tertiary/aromatic N) is 6. The van der Waals surface area contributed by atoms with Gasteiger partial charge in [0.1, 0.15) is 0 Å². The number of urea groups is 1. The molecule has 5 aliphatic rings. The van der Waals surface area contributed by atoms with Crippen molar-refractivity contribution in [1.29, 1.82) is 5.41 Å². The molecule has 0 aliphatic carbocycles. The average Bonchev–Trinajstić information content (AvgIpc) is 3.25. The Labute approximate surface area is 352 Å². The molecule has 5 heterocycles. The molecule has 5 N–H and O–H groups in total. The van der Waals surface area contributed by atoms with E-state index in [4.69, 9.17) is 16.4 Å². The zero-order valence-corrected chi connectivity index (χ0v) is 35.4. The van der Waals surface area contributed by atoms with Gasteiger partial charge in [-0.05, 0) is 116 Å². The zero-order valence-electron chi connectivity index (χ0n) is 35.4. The highest BCUT2D eigenvalue weighted by atomic mass is 19.4. The summed E-state index contributed by atoms with van der Waals surface area (Å²) in [6, 6.07) is -1.76. The molecule has 344 valence electrons. The normalized spacial score (nSPS) is 22.8. The Morgan fingerprint density at radius 2 is 1.27 bits per heavy atom. The van der Waals surface area contributed by atoms with Gasteiger partial charge in [0.2, 0.25) is 11.8 Å². The third-order valence-corrected chi connectivity index (χ3v) is 12.0. The first kappa shape index (κ1) is 50.6. The minimum absolute atomic E-state index is 0.0169. The van der Waals surface area contributed by atoms with Gasteiger partial charge in [0.05, 0.1) is 13.0 Å². The number of carbonyl (C=O) groups is 5. The van der Waals surface area contributed by atoms with Crippen molar-refractivity contribution in [2.75, 3.05) is 85.6 Å². The van der Waals surface area contributed by atoms with Gasteiger partial charge < -0.3 is 40.1 Å². The van der Waals surface area contributed by atoms with Crippen LogP contribution in [0.3, 0.4) is 0 Å². The van der Waals surface area contributed by atoms with Crippen molar-refractivity contribution in [2.45, 2.75) is 122 Å². The Hall–Kier alpha value is -3.75. The number of methoxy groups -OCH3 is 1. The molecule has 0 aromatic rings. The van der Waals surface area contributed by atoms with Crippen LogP contribution in [0.15, 0.2) is 0 Å². The monoisotopic (exact) mass is 863 g/mol. The minimum Gasteiger partial charge on any atom is -0.480 e. The number of nitrogens with two attached hydrogens (primary N) is 1. The van der Waals surface area contributed by atoms with Crippen molar-refractivity contribution < 1.29 is 57.1 Å². The highest BCUT2D eigenvalue weighted by Gasteiger charge is 2.56. The molecule has 0 spiro atoms. The molecule has 2 unspecified atom stereocenters. The van der Waals surface area contributed by atoms with Crippen LogP contribution >= 0.6 is 0 Å². The number of rotatable bonds is 15. The van der Waals surface area contributed by atoms with E-state index in [-0.39, 0.29) is 36.8 Å². The molecule has 3 atom stereocenters. The summed E-state index contributed by atoms with van der Waals surface area (Å²) in [6.07, 6.45) is 12.6. The predicted octanol–water partition coefficient (Wildman–Crippen LogP) is 4.41. The first-order valence-electron chi connectivity index (χ1n) is 21.8. The van der Waals surface area contributed by atoms with Crippen LogP contribution in [0.5, 0.6) is 0 Å². The highest BCUT2D eigenvalue weighted by Crippen LogP contribution is 2.36. The van der Waals surface area contributed by atoms with Crippen LogP contribution in [0.25, 0.3) is 0 Å².